The lowest BCUT2D eigenvalue weighted by atomic mass is 10.0. The first kappa shape index (κ1) is 14.8. The number of carbonyl (C=O) groups excluding carboxylic acids is 2. The van der Waals surface area contributed by atoms with Crippen molar-refractivity contribution in [1.82, 2.24) is 4.90 Å². The highest BCUT2D eigenvalue weighted by Crippen LogP contribution is 2.16. The molecular formula is C17H23NO2. The topological polar surface area (TPSA) is 37.4 Å². The quantitative estimate of drug-likeness (QED) is 0.788. The Morgan fingerprint density at radius 1 is 1.15 bits per heavy atom. The summed E-state index contributed by atoms with van der Waals surface area (Å²) in [6.07, 6.45) is 3.62. The minimum atomic E-state index is 0.0376. The Labute approximate surface area is 121 Å². The SMILES string of the molecule is CC(C)c1ccc(C(=O)CN2CCCCCC2=O)cc1. The molecule has 3 heteroatoms. The Morgan fingerprint density at radius 2 is 1.85 bits per heavy atom. The lowest BCUT2D eigenvalue weighted by Gasteiger charge is -2.19. The van der Waals surface area contributed by atoms with E-state index < -0.39 is 0 Å². The fourth-order valence-electron chi connectivity index (χ4n) is 2.52. The summed E-state index contributed by atoms with van der Waals surface area (Å²) in [6.45, 7) is 5.20. The largest absolute Gasteiger partial charge is 0.335 e. The summed E-state index contributed by atoms with van der Waals surface area (Å²) in [7, 11) is 0. The molecule has 1 heterocycles. The highest BCUT2D eigenvalue weighted by Gasteiger charge is 2.19. The second-order valence-corrected chi connectivity index (χ2v) is 5.83. The van der Waals surface area contributed by atoms with E-state index in [1.807, 2.05) is 24.3 Å². The van der Waals surface area contributed by atoms with E-state index in [9.17, 15) is 9.59 Å². The highest BCUT2D eigenvalue weighted by molar-refractivity contribution is 5.99. The van der Waals surface area contributed by atoms with Gasteiger partial charge in [-0.05, 0) is 24.3 Å². The van der Waals surface area contributed by atoms with Crippen LogP contribution in [-0.4, -0.2) is 29.7 Å². The molecule has 0 N–H and O–H groups in total. The van der Waals surface area contributed by atoms with Crippen molar-refractivity contribution in [1.29, 1.82) is 0 Å². The monoisotopic (exact) mass is 273 g/mol. The molecule has 3 nitrogen and oxygen atoms in total. The molecule has 1 fully saturated rings. The normalized spacial score (nSPS) is 16.4. The number of nitrogens with zero attached hydrogens (tertiary/aromatic N) is 1. The van der Waals surface area contributed by atoms with Crippen molar-refractivity contribution >= 4 is 11.7 Å². The Morgan fingerprint density at radius 3 is 2.50 bits per heavy atom. The average Bonchev–Trinajstić information content (AvgIpc) is 2.64. The van der Waals surface area contributed by atoms with Crippen molar-refractivity contribution in [3.8, 4) is 0 Å². The zero-order chi connectivity index (χ0) is 14.5. The Balaban J connectivity index is 2.01. The van der Waals surface area contributed by atoms with E-state index >= 15 is 0 Å². The third-order valence-electron chi connectivity index (χ3n) is 3.91. The number of carbonyl (C=O) groups is 2. The van der Waals surface area contributed by atoms with E-state index in [0.717, 1.165) is 19.3 Å². The molecule has 0 aliphatic carbocycles. The fourth-order valence-corrected chi connectivity index (χ4v) is 2.52. The van der Waals surface area contributed by atoms with E-state index in [1.165, 1.54) is 5.56 Å². The van der Waals surface area contributed by atoms with E-state index in [4.69, 9.17) is 0 Å². The van der Waals surface area contributed by atoms with Gasteiger partial charge in [0.15, 0.2) is 5.78 Å². The molecule has 2 rings (SSSR count). The molecule has 0 spiro atoms. The minimum Gasteiger partial charge on any atom is -0.335 e. The Kier molecular flexibility index (Phi) is 4.94. The summed E-state index contributed by atoms with van der Waals surface area (Å²) < 4.78 is 0. The molecule has 1 aliphatic rings. The van der Waals surface area contributed by atoms with Crippen molar-refractivity contribution in [2.75, 3.05) is 13.1 Å². The predicted molar refractivity (Wildman–Crippen MR) is 79.9 cm³/mol. The summed E-state index contributed by atoms with van der Waals surface area (Å²) in [6, 6.07) is 7.75. The molecule has 108 valence electrons. The van der Waals surface area contributed by atoms with Gasteiger partial charge in [-0.1, -0.05) is 44.5 Å². The molecule has 0 saturated carbocycles. The molecule has 1 aromatic rings. The van der Waals surface area contributed by atoms with Crippen LogP contribution in [-0.2, 0) is 4.79 Å². The highest BCUT2D eigenvalue weighted by atomic mass is 16.2. The first-order valence-corrected chi connectivity index (χ1v) is 7.49. The molecule has 0 radical (unpaired) electrons. The fraction of sp³-hybridized carbons (Fsp3) is 0.529. The van der Waals surface area contributed by atoms with Gasteiger partial charge in [0.1, 0.15) is 0 Å². The summed E-state index contributed by atoms with van der Waals surface area (Å²) >= 11 is 0. The van der Waals surface area contributed by atoms with Crippen LogP contribution in [0.2, 0.25) is 0 Å². The van der Waals surface area contributed by atoms with Crippen molar-refractivity contribution in [3.05, 3.63) is 35.4 Å². The molecule has 1 aliphatic heterocycles. The van der Waals surface area contributed by atoms with E-state index in [0.29, 0.717) is 24.4 Å². The number of hydrogen-bond acceptors (Lipinski definition) is 2. The van der Waals surface area contributed by atoms with Crippen LogP contribution < -0.4 is 0 Å². The molecule has 20 heavy (non-hydrogen) atoms. The molecule has 1 amide bonds. The van der Waals surface area contributed by atoms with Crippen LogP contribution >= 0.6 is 0 Å². The van der Waals surface area contributed by atoms with E-state index in [1.54, 1.807) is 4.90 Å². The van der Waals surface area contributed by atoms with Crippen LogP contribution in [0.4, 0.5) is 0 Å². The lowest BCUT2D eigenvalue weighted by molar-refractivity contribution is -0.130. The van der Waals surface area contributed by atoms with Crippen molar-refractivity contribution < 1.29 is 9.59 Å². The average molecular weight is 273 g/mol. The van der Waals surface area contributed by atoms with E-state index in [2.05, 4.69) is 13.8 Å². The van der Waals surface area contributed by atoms with Gasteiger partial charge in [-0.2, -0.15) is 0 Å². The number of benzene rings is 1. The van der Waals surface area contributed by atoms with Crippen molar-refractivity contribution in [3.63, 3.8) is 0 Å². The first-order valence-electron chi connectivity index (χ1n) is 7.49. The second-order valence-electron chi connectivity index (χ2n) is 5.83. The van der Waals surface area contributed by atoms with Gasteiger partial charge in [0.2, 0.25) is 5.91 Å². The number of amides is 1. The molecule has 0 atom stereocenters. The van der Waals surface area contributed by atoms with Gasteiger partial charge in [0.25, 0.3) is 0 Å². The second kappa shape index (κ2) is 6.69. The standard InChI is InChI=1S/C17H23NO2/c1-13(2)14-7-9-15(10-8-14)16(19)12-18-11-5-3-4-6-17(18)20/h7-10,13H,3-6,11-12H2,1-2H3. The molecule has 1 aromatic carbocycles. The first-order chi connectivity index (χ1) is 9.58. The molecule has 0 unspecified atom stereocenters. The summed E-state index contributed by atoms with van der Waals surface area (Å²) in [5.74, 6) is 0.622. The van der Waals surface area contributed by atoms with Gasteiger partial charge in [0.05, 0.1) is 6.54 Å². The predicted octanol–water partition coefficient (Wildman–Crippen LogP) is 3.40. The third kappa shape index (κ3) is 3.69. The number of Topliss-reactive ketones (excluding diaryl/α,β-unsaturated/α-hetero) is 1. The van der Waals surface area contributed by atoms with Crippen molar-refractivity contribution in [2.24, 2.45) is 0 Å². The van der Waals surface area contributed by atoms with E-state index in [-0.39, 0.29) is 18.2 Å². The van der Waals surface area contributed by atoms with Gasteiger partial charge < -0.3 is 4.90 Å². The van der Waals surface area contributed by atoms with Gasteiger partial charge in [0, 0.05) is 18.5 Å². The van der Waals surface area contributed by atoms with Crippen LogP contribution in [0.5, 0.6) is 0 Å². The molecular weight excluding hydrogens is 250 g/mol. The maximum atomic E-state index is 12.3. The van der Waals surface area contributed by atoms with Crippen LogP contribution in [0.15, 0.2) is 24.3 Å². The summed E-state index contributed by atoms with van der Waals surface area (Å²) in [4.78, 5) is 25.9. The van der Waals surface area contributed by atoms with Crippen LogP contribution in [0.3, 0.4) is 0 Å². The minimum absolute atomic E-state index is 0.0376. The smallest absolute Gasteiger partial charge is 0.222 e. The van der Waals surface area contributed by atoms with Gasteiger partial charge >= 0.3 is 0 Å². The van der Waals surface area contributed by atoms with Gasteiger partial charge in [-0.15, -0.1) is 0 Å². The maximum Gasteiger partial charge on any atom is 0.222 e. The van der Waals surface area contributed by atoms with Crippen LogP contribution in [0, 0.1) is 0 Å². The lowest BCUT2D eigenvalue weighted by Crippen LogP contribution is -2.35. The van der Waals surface area contributed by atoms with Crippen molar-refractivity contribution in [2.45, 2.75) is 45.4 Å². The zero-order valence-electron chi connectivity index (χ0n) is 12.4. The number of likely N-dealkylation sites (tertiary alicyclic amines) is 1. The number of ketones is 1. The van der Waals surface area contributed by atoms with Crippen LogP contribution in [0.1, 0.15) is 61.4 Å². The maximum absolute atomic E-state index is 12.3. The molecule has 1 saturated heterocycles. The molecule has 0 bridgehead atoms. The summed E-state index contributed by atoms with van der Waals surface area (Å²) in [5, 5.41) is 0. The van der Waals surface area contributed by atoms with Crippen LogP contribution in [0.25, 0.3) is 0 Å². The zero-order valence-corrected chi connectivity index (χ0v) is 12.4. The van der Waals surface area contributed by atoms with Gasteiger partial charge in [-0.25, -0.2) is 0 Å². The number of rotatable bonds is 4. The number of hydrogen-bond donors (Lipinski definition) is 0. The third-order valence-corrected chi connectivity index (χ3v) is 3.91. The Hall–Kier alpha value is -1.64. The summed E-state index contributed by atoms with van der Waals surface area (Å²) in [5.41, 5.74) is 1.93. The molecule has 0 aromatic heterocycles. The van der Waals surface area contributed by atoms with Gasteiger partial charge in [-0.3, -0.25) is 9.59 Å². The Bertz CT molecular complexity index is 476.